The van der Waals surface area contributed by atoms with E-state index in [1.807, 2.05) is 4.90 Å². The Kier molecular flexibility index (Phi) is 4.55. The molecule has 3 heterocycles. The first-order valence-electron chi connectivity index (χ1n) is 8.98. The highest BCUT2D eigenvalue weighted by Gasteiger charge is 2.40. The van der Waals surface area contributed by atoms with Crippen molar-refractivity contribution in [3.8, 4) is 0 Å². The van der Waals surface area contributed by atoms with Gasteiger partial charge < -0.3 is 9.80 Å². The summed E-state index contributed by atoms with van der Waals surface area (Å²) in [6, 6.07) is 2.35. The standard InChI is InChI=1S/C18H19F2N3O4/c19-16-12-9-23(14-3-4-15(24)21-17(14)25)18(26)11(12)1-2-13(16)22-7-5-10(27-20)6-8-22/h1-2,10,14H,3-9H2,(H,21,24,25). The molecule has 144 valence electrons. The minimum Gasteiger partial charge on any atom is -0.369 e. The van der Waals surface area contributed by atoms with Crippen LogP contribution < -0.4 is 10.2 Å². The number of fused-ring (bicyclic) bond motifs is 1. The van der Waals surface area contributed by atoms with E-state index >= 15 is 4.39 Å². The molecule has 1 aromatic rings. The number of halogens is 2. The lowest BCUT2D eigenvalue weighted by Gasteiger charge is -2.32. The molecule has 3 aliphatic rings. The van der Waals surface area contributed by atoms with E-state index < -0.39 is 29.8 Å². The number of hydrogen-bond donors (Lipinski definition) is 1. The van der Waals surface area contributed by atoms with Gasteiger partial charge in [-0.3, -0.25) is 19.7 Å². The van der Waals surface area contributed by atoms with Crippen molar-refractivity contribution in [3.05, 3.63) is 29.1 Å². The molecule has 3 aliphatic heterocycles. The Morgan fingerprint density at radius 3 is 2.52 bits per heavy atom. The summed E-state index contributed by atoms with van der Waals surface area (Å²) in [6.07, 6.45) is 0.817. The van der Waals surface area contributed by atoms with Gasteiger partial charge in [-0.25, -0.2) is 4.39 Å². The average molecular weight is 379 g/mol. The van der Waals surface area contributed by atoms with Gasteiger partial charge in [0.15, 0.2) is 5.82 Å². The first-order valence-corrected chi connectivity index (χ1v) is 8.98. The van der Waals surface area contributed by atoms with Gasteiger partial charge in [0.2, 0.25) is 11.8 Å². The Bertz CT molecular complexity index is 808. The summed E-state index contributed by atoms with van der Waals surface area (Å²) in [5.74, 6) is -1.79. The monoisotopic (exact) mass is 379 g/mol. The fraction of sp³-hybridized carbons (Fsp3) is 0.500. The third-order valence-corrected chi connectivity index (χ3v) is 5.54. The number of anilines is 1. The van der Waals surface area contributed by atoms with Crippen LogP contribution in [0.1, 0.15) is 41.6 Å². The average Bonchev–Trinajstić information content (AvgIpc) is 3.00. The zero-order valence-electron chi connectivity index (χ0n) is 14.5. The van der Waals surface area contributed by atoms with Gasteiger partial charge in [-0.05, 0) is 35.9 Å². The molecule has 4 rings (SSSR count). The van der Waals surface area contributed by atoms with Crippen LogP contribution in [0.25, 0.3) is 0 Å². The van der Waals surface area contributed by atoms with Crippen LogP contribution in [-0.2, 0) is 21.1 Å². The van der Waals surface area contributed by atoms with Crippen molar-refractivity contribution in [1.29, 1.82) is 0 Å². The highest BCUT2D eigenvalue weighted by molar-refractivity contribution is 6.05. The molecule has 1 N–H and O–H groups in total. The molecule has 7 nitrogen and oxygen atoms in total. The summed E-state index contributed by atoms with van der Waals surface area (Å²) in [7, 11) is 0. The van der Waals surface area contributed by atoms with E-state index in [9.17, 15) is 18.9 Å². The van der Waals surface area contributed by atoms with E-state index in [0.29, 0.717) is 31.6 Å². The largest absolute Gasteiger partial charge is 0.369 e. The summed E-state index contributed by atoms with van der Waals surface area (Å²) in [6.45, 7) is 0.897. The number of hydrogen-bond acceptors (Lipinski definition) is 5. The molecule has 0 bridgehead atoms. The number of rotatable bonds is 3. The molecule has 2 saturated heterocycles. The quantitative estimate of drug-likeness (QED) is 0.805. The van der Waals surface area contributed by atoms with Crippen molar-refractivity contribution < 1.29 is 28.2 Å². The van der Waals surface area contributed by atoms with Crippen LogP contribution in [0.3, 0.4) is 0 Å². The molecule has 0 spiro atoms. The second-order valence-electron chi connectivity index (χ2n) is 7.10. The smallest absolute Gasteiger partial charge is 0.255 e. The minimum absolute atomic E-state index is 0.00975. The molecule has 1 atom stereocenters. The van der Waals surface area contributed by atoms with E-state index in [1.165, 1.54) is 4.90 Å². The lowest BCUT2D eigenvalue weighted by atomic mass is 10.0. The van der Waals surface area contributed by atoms with Crippen LogP contribution in [-0.4, -0.2) is 47.9 Å². The lowest BCUT2D eigenvalue weighted by Crippen LogP contribution is -2.52. The summed E-state index contributed by atoms with van der Waals surface area (Å²) in [5.41, 5.74) is 0.859. The topological polar surface area (TPSA) is 79.0 Å². The second-order valence-corrected chi connectivity index (χ2v) is 7.10. The molecule has 1 unspecified atom stereocenters. The van der Waals surface area contributed by atoms with Crippen LogP contribution in [0.15, 0.2) is 12.1 Å². The molecular weight excluding hydrogens is 360 g/mol. The Morgan fingerprint density at radius 1 is 1.11 bits per heavy atom. The second kappa shape index (κ2) is 6.88. The predicted octanol–water partition coefficient (Wildman–Crippen LogP) is 1.46. The van der Waals surface area contributed by atoms with Crippen molar-refractivity contribution >= 4 is 23.4 Å². The van der Waals surface area contributed by atoms with E-state index in [1.54, 1.807) is 12.1 Å². The molecule has 0 radical (unpaired) electrons. The molecule has 2 fully saturated rings. The number of carbonyl (C=O) groups is 3. The predicted molar refractivity (Wildman–Crippen MR) is 89.9 cm³/mol. The summed E-state index contributed by atoms with van der Waals surface area (Å²) < 4.78 is 27.4. The van der Waals surface area contributed by atoms with Crippen LogP contribution >= 0.6 is 0 Å². The Morgan fingerprint density at radius 2 is 1.85 bits per heavy atom. The van der Waals surface area contributed by atoms with Crippen LogP contribution in [0.2, 0.25) is 0 Å². The third-order valence-electron chi connectivity index (χ3n) is 5.54. The fourth-order valence-electron chi connectivity index (χ4n) is 4.02. The van der Waals surface area contributed by atoms with E-state index in [2.05, 4.69) is 10.3 Å². The van der Waals surface area contributed by atoms with Crippen LogP contribution in [0.5, 0.6) is 0 Å². The van der Waals surface area contributed by atoms with Gasteiger partial charge in [0.05, 0.1) is 12.2 Å². The van der Waals surface area contributed by atoms with Crippen LogP contribution in [0.4, 0.5) is 14.6 Å². The Balaban J connectivity index is 1.56. The minimum atomic E-state index is -0.775. The Labute approximate surface area is 154 Å². The van der Waals surface area contributed by atoms with Gasteiger partial charge in [0, 0.05) is 30.6 Å². The SMILES string of the molecule is O=C1CCC(N2Cc3c(ccc(N4CCC(OF)CC4)c3F)C2=O)C(=O)N1. The maximum absolute atomic E-state index is 15.1. The van der Waals surface area contributed by atoms with Crippen molar-refractivity contribution in [3.63, 3.8) is 0 Å². The molecule has 3 amide bonds. The van der Waals surface area contributed by atoms with E-state index in [4.69, 9.17) is 0 Å². The number of nitrogens with one attached hydrogen (secondary N) is 1. The van der Waals surface area contributed by atoms with Crippen molar-refractivity contribution in [1.82, 2.24) is 10.2 Å². The molecule has 0 aliphatic carbocycles. The Hall–Kier alpha value is -2.55. The van der Waals surface area contributed by atoms with Crippen LogP contribution in [0, 0.1) is 5.82 Å². The third kappa shape index (κ3) is 3.05. The number of imide groups is 1. The lowest BCUT2D eigenvalue weighted by molar-refractivity contribution is -0.183. The fourth-order valence-corrected chi connectivity index (χ4v) is 4.02. The molecule has 1 aromatic carbocycles. The number of amides is 3. The first kappa shape index (κ1) is 17.8. The molecule has 0 saturated carbocycles. The van der Waals surface area contributed by atoms with E-state index in [0.717, 1.165) is 0 Å². The summed E-state index contributed by atoms with van der Waals surface area (Å²) in [5, 5.41) is 2.22. The highest BCUT2D eigenvalue weighted by Crippen LogP contribution is 2.34. The number of benzene rings is 1. The zero-order chi connectivity index (χ0) is 19.1. The highest BCUT2D eigenvalue weighted by atomic mass is 19.3. The maximum atomic E-state index is 15.1. The molecular formula is C18H19F2N3O4. The first-order chi connectivity index (χ1) is 13.0. The van der Waals surface area contributed by atoms with Gasteiger partial charge in [-0.1, -0.05) is 0 Å². The van der Waals surface area contributed by atoms with Gasteiger partial charge in [-0.15, -0.1) is 0 Å². The van der Waals surface area contributed by atoms with Crippen molar-refractivity contribution in [2.24, 2.45) is 0 Å². The van der Waals surface area contributed by atoms with Crippen molar-refractivity contribution in [2.75, 3.05) is 18.0 Å². The van der Waals surface area contributed by atoms with Crippen molar-refractivity contribution in [2.45, 2.75) is 44.4 Å². The number of nitrogens with zero attached hydrogens (tertiary/aromatic N) is 2. The van der Waals surface area contributed by atoms with Gasteiger partial charge in [0.1, 0.15) is 12.1 Å². The van der Waals surface area contributed by atoms with Gasteiger partial charge in [0.25, 0.3) is 5.91 Å². The maximum Gasteiger partial charge on any atom is 0.255 e. The van der Waals surface area contributed by atoms with Gasteiger partial charge >= 0.3 is 0 Å². The molecule has 27 heavy (non-hydrogen) atoms. The van der Waals surface area contributed by atoms with Gasteiger partial charge in [-0.2, -0.15) is 4.94 Å². The van der Waals surface area contributed by atoms with E-state index in [-0.39, 0.29) is 36.4 Å². The zero-order valence-corrected chi connectivity index (χ0v) is 14.5. The summed E-state index contributed by atoms with van der Waals surface area (Å²) in [4.78, 5) is 43.1. The number of carbonyl (C=O) groups excluding carboxylic acids is 3. The summed E-state index contributed by atoms with van der Waals surface area (Å²) >= 11 is 0. The molecule has 0 aromatic heterocycles. The molecule has 9 heteroatoms. The normalized spacial score (nSPS) is 23.6. The number of piperidine rings is 2.